The smallest absolute Gasteiger partial charge is 0.411 e. The first kappa shape index (κ1) is 24.6. The topological polar surface area (TPSA) is 106 Å². The molecular weight excluding hydrogens is 466 g/mol. The van der Waals surface area contributed by atoms with Crippen molar-refractivity contribution in [3.05, 3.63) is 66.6 Å². The molecule has 1 aliphatic rings. The Morgan fingerprint density at radius 2 is 2.14 bits per heavy atom. The number of aryl methyl sites for hydroxylation is 1. The highest BCUT2D eigenvalue weighted by molar-refractivity contribution is 7.98. The van der Waals surface area contributed by atoms with Crippen LogP contribution in [0.3, 0.4) is 0 Å². The van der Waals surface area contributed by atoms with Gasteiger partial charge >= 0.3 is 6.09 Å². The zero-order chi connectivity index (χ0) is 24.5. The standard InChI is InChI=1S/C24H29N7O3S/c1-3-9-34-24(32)28-19-6-4-5-18(12-19)15-25-22-14-21(31-7-10-33-11-8-31)13-20(27-22)16-35-23-29-26-17-30(23)2/h3-6,12-14,17H,1,7-11,15-16H2,2H3,(H,25,27)(H,28,32). The summed E-state index contributed by atoms with van der Waals surface area (Å²) in [7, 11) is 1.93. The Labute approximate surface area is 208 Å². The van der Waals surface area contributed by atoms with E-state index in [0.717, 1.165) is 41.0 Å². The quantitative estimate of drug-likeness (QED) is 0.322. The molecule has 0 atom stereocenters. The molecule has 3 heterocycles. The molecule has 11 heteroatoms. The summed E-state index contributed by atoms with van der Waals surface area (Å²) in [5.41, 5.74) is 3.72. The highest BCUT2D eigenvalue weighted by atomic mass is 32.2. The lowest BCUT2D eigenvalue weighted by Crippen LogP contribution is -2.36. The predicted octanol–water partition coefficient (Wildman–Crippen LogP) is 3.69. The summed E-state index contributed by atoms with van der Waals surface area (Å²) >= 11 is 1.60. The van der Waals surface area contributed by atoms with Crippen molar-refractivity contribution in [3.8, 4) is 0 Å². The van der Waals surface area contributed by atoms with Gasteiger partial charge in [-0.05, 0) is 23.8 Å². The Morgan fingerprint density at radius 1 is 1.29 bits per heavy atom. The molecule has 2 aromatic heterocycles. The number of ether oxygens (including phenoxy) is 2. The van der Waals surface area contributed by atoms with Crippen LogP contribution in [0, 0.1) is 0 Å². The average molecular weight is 496 g/mol. The molecule has 3 aromatic rings. The maximum absolute atomic E-state index is 11.8. The van der Waals surface area contributed by atoms with Crippen LogP contribution in [0.1, 0.15) is 11.3 Å². The molecule has 1 saturated heterocycles. The number of carbonyl (C=O) groups excluding carboxylic acids is 1. The normalized spacial score (nSPS) is 13.3. The van der Waals surface area contributed by atoms with Gasteiger partial charge in [0, 0.05) is 49.9 Å². The number of morpholine rings is 1. The van der Waals surface area contributed by atoms with E-state index in [4.69, 9.17) is 14.5 Å². The van der Waals surface area contributed by atoms with E-state index in [1.807, 2.05) is 35.9 Å². The molecule has 0 bridgehead atoms. The van der Waals surface area contributed by atoms with Crippen molar-refractivity contribution in [1.29, 1.82) is 0 Å². The summed E-state index contributed by atoms with van der Waals surface area (Å²) in [6, 6.07) is 11.8. The fourth-order valence-electron chi connectivity index (χ4n) is 3.52. The number of anilines is 3. The van der Waals surface area contributed by atoms with Crippen molar-refractivity contribution in [1.82, 2.24) is 19.7 Å². The van der Waals surface area contributed by atoms with Crippen molar-refractivity contribution in [2.45, 2.75) is 17.5 Å². The van der Waals surface area contributed by atoms with Crippen LogP contribution in [-0.4, -0.2) is 58.8 Å². The lowest BCUT2D eigenvalue weighted by atomic mass is 10.2. The second-order valence-electron chi connectivity index (χ2n) is 7.88. The van der Waals surface area contributed by atoms with E-state index in [-0.39, 0.29) is 6.61 Å². The summed E-state index contributed by atoms with van der Waals surface area (Å²) in [5, 5.41) is 15.1. The zero-order valence-electron chi connectivity index (χ0n) is 19.6. The molecule has 0 radical (unpaired) electrons. The number of thioether (sulfide) groups is 1. The molecule has 4 rings (SSSR count). The highest BCUT2D eigenvalue weighted by Gasteiger charge is 2.14. The Morgan fingerprint density at radius 3 is 2.91 bits per heavy atom. The van der Waals surface area contributed by atoms with Gasteiger partial charge in [-0.25, -0.2) is 9.78 Å². The van der Waals surface area contributed by atoms with Crippen molar-refractivity contribution < 1.29 is 14.3 Å². The van der Waals surface area contributed by atoms with Crippen LogP contribution in [0.25, 0.3) is 0 Å². The summed E-state index contributed by atoms with van der Waals surface area (Å²) < 4.78 is 12.4. The minimum atomic E-state index is -0.514. The van der Waals surface area contributed by atoms with Crippen LogP contribution in [0.2, 0.25) is 0 Å². The molecule has 0 saturated carbocycles. The molecular formula is C24H29N7O3S. The Hall–Kier alpha value is -3.57. The fraction of sp³-hybridized carbons (Fsp3) is 0.333. The van der Waals surface area contributed by atoms with Gasteiger partial charge in [-0.15, -0.1) is 10.2 Å². The van der Waals surface area contributed by atoms with E-state index in [2.05, 4.69) is 44.4 Å². The first-order valence-corrected chi connectivity index (χ1v) is 12.3. The van der Waals surface area contributed by atoms with E-state index in [0.29, 0.717) is 31.2 Å². The second kappa shape index (κ2) is 12.2. The van der Waals surface area contributed by atoms with Crippen molar-refractivity contribution >= 4 is 35.0 Å². The number of rotatable bonds is 10. The molecule has 10 nitrogen and oxygen atoms in total. The SMILES string of the molecule is C=CCOC(=O)Nc1cccc(CNc2cc(N3CCOCC3)cc(CSc3nncn3C)n2)c1. The molecule has 1 aliphatic heterocycles. The summed E-state index contributed by atoms with van der Waals surface area (Å²) in [6.45, 7) is 7.36. The molecule has 35 heavy (non-hydrogen) atoms. The molecule has 184 valence electrons. The first-order chi connectivity index (χ1) is 17.1. The number of benzene rings is 1. The van der Waals surface area contributed by atoms with Gasteiger partial charge in [0.25, 0.3) is 0 Å². The summed E-state index contributed by atoms with van der Waals surface area (Å²) in [4.78, 5) is 19.0. The molecule has 1 fully saturated rings. The average Bonchev–Trinajstić information content (AvgIpc) is 3.30. The third kappa shape index (κ3) is 7.20. The largest absolute Gasteiger partial charge is 0.445 e. The van der Waals surface area contributed by atoms with Crippen LogP contribution in [0.4, 0.5) is 22.0 Å². The highest BCUT2D eigenvalue weighted by Crippen LogP contribution is 2.26. The van der Waals surface area contributed by atoms with Gasteiger partial charge in [-0.3, -0.25) is 5.32 Å². The van der Waals surface area contributed by atoms with Crippen LogP contribution in [-0.2, 0) is 28.8 Å². The molecule has 0 spiro atoms. The number of aromatic nitrogens is 4. The summed E-state index contributed by atoms with van der Waals surface area (Å²) in [5.74, 6) is 1.46. The second-order valence-corrected chi connectivity index (χ2v) is 8.82. The first-order valence-electron chi connectivity index (χ1n) is 11.3. The minimum Gasteiger partial charge on any atom is -0.445 e. The monoisotopic (exact) mass is 495 g/mol. The lowest BCUT2D eigenvalue weighted by Gasteiger charge is -2.29. The predicted molar refractivity (Wildman–Crippen MR) is 137 cm³/mol. The Balaban J connectivity index is 1.45. The van der Waals surface area contributed by atoms with E-state index in [1.54, 1.807) is 18.1 Å². The van der Waals surface area contributed by atoms with Crippen molar-refractivity contribution in [3.63, 3.8) is 0 Å². The van der Waals surface area contributed by atoms with Gasteiger partial charge in [-0.1, -0.05) is 36.5 Å². The number of hydrogen-bond donors (Lipinski definition) is 2. The van der Waals surface area contributed by atoms with E-state index in [1.165, 1.54) is 6.08 Å². The van der Waals surface area contributed by atoms with Gasteiger partial charge in [0.2, 0.25) is 0 Å². The van der Waals surface area contributed by atoms with E-state index in [9.17, 15) is 4.79 Å². The molecule has 1 amide bonds. The number of nitrogens with zero attached hydrogens (tertiary/aromatic N) is 5. The van der Waals surface area contributed by atoms with Crippen LogP contribution < -0.4 is 15.5 Å². The molecule has 1 aromatic carbocycles. The Kier molecular flexibility index (Phi) is 8.58. The van der Waals surface area contributed by atoms with E-state index >= 15 is 0 Å². The van der Waals surface area contributed by atoms with Crippen LogP contribution in [0.15, 0.2) is 60.5 Å². The number of hydrogen-bond acceptors (Lipinski definition) is 9. The third-order valence-electron chi connectivity index (χ3n) is 5.24. The number of amides is 1. The van der Waals surface area contributed by atoms with Gasteiger partial charge in [0.1, 0.15) is 18.8 Å². The van der Waals surface area contributed by atoms with Gasteiger partial charge in [0.05, 0.1) is 18.9 Å². The van der Waals surface area contributed by atoms with Gasteiger partial charge in [0.15, 0.2) is 5.16 Å². The van der Waals surface area contributed by atoms with Crippen LogP contribution >= 0.6 is 11.8 Å². The Bertz CT molecular complexity index is 1150. The molecule has 2 N–H and O–H groups in total. The van der Waals surface area contributed by atoms with Gasteiger partial charge < -0.3 is 24.3 Å². The molecule has 0 aliphatic carbocycles. The van der Waals surface area contributed by atoms with E-state index < -0.39 is 6.09 Å². The zero-order valence-corrected chi connectivity index (χ0v) is 20.5. The number of carbonyl (C=O) groups is 1. The third-order valence-corrected chi connectivity index (χ3v) is 6.31. The van der Waals surface area contributed by atoms with Gasteiger partial charge in [-0.2, -0.15) is 0 Å². The molecule has 0 unspecified atom stereocenters. The maximum atomic E-state index is 11.8. The minimum absolute atomic E-state index is 0.162. The van der Waals surface area contributed by atoms with Crippen molar-refractivity contribution in [2.75, 3.05) is 48.4 Å². The summed E-state index contributed by atoms with van der Waals surface area (Å²) in [6.07, 6.45) is 2.70. The van der Waals surface area contributed by atoms with Crippen molar-refractivity contribution in [2.24, 2.45) is 7.05 Å². The number of nitrogens with one attached hydrogen (secondary N) is 2. The fourth-order valence-corrected chi connectivity index (χ4v) is 4.30. The van der Waals surface area contributed by atoms with Crippen LogP contribution in [0.5, 0.6) is 0 Å². The lowest BCUT2D eigenvalue weighted by molar-refractivity contribution is 0.122. The number of pyridine rings is 1. The maximum Gasteiger partial charge on any atom is 0.411 e.